The summed E-state index contributed by atoms with van der Waals surface area (Å²) in [5.41, 5.74) is 1.98. The number of nitrogens with zero attached hydrogens (tertiary/aromatic N) is 2. The van der Waals surface area contributed by atoms with Gasteiger partial charge in [-0.15, -0.1) is 0 Å². The molecule has 1 amide bonds. The molecule has 1 fully saturated rings. The Morgan fingerprint density at radius 2 is 2.39 bits per heavy atom. The fraction of sp³-hybridized carbons (Fsp3) is 0.385. The zero-order chi connectivity index (χ0) is 13.1. The molecule has 0 bridgehead atoms. The van der Waals surface area contributed by atoms with Gasteiger partial charge in [-0.05, 0) is 24.6 Å². The molecule has 1 unspecified atom stereocenters. The molecular formula is C13H14ClN3O. The van der Waals surface area contributed by atoms with Gasteiger partial charge in [0.05, 0.1) is 12.5 Å². The number of carbonyl (C=O) groups excluding carboxylic acids is 1. The SMILES string of the molecule is Cc1ccc(Cl)cc1N1CCNC(=O)C1CC#N. The summed E-state index contributed by atoms with van der Waals surface area (Å²) in [5, 5.41) is 12.3. The maximum atomic E-state index is 11.8. The maximum Gasteiger partial charge on any atom is 0.243 e. The Kier molecular flexibility index (Phi) is 3.73. The summed E-state index contributed by atoms with van der Waals surface area (Å²) in [6, 6.07) is 7.23. The van der Waals surface area contributed by atoms with Crippen molar-refractivity contribution in [2.75, 3.05) is 18.0 Å². The van der Waals surface area contributed by atoms with Crippen molar-refractivity contribution in [1.82, 2.24) is 5.32 Å². The summed E-state index contributed by atoms with van der Waals surface area (Å²) < 4.78 is 0. The largest absolute Gasteiger partial charge is 0.357 e. The molecule has 2 rings (SSSR count). The highest BCUT2D eigenvalue weighted by molar-refractivity contribution is 6.30. The smallest absolute Gasteiger partial charge is 0.243 e. The predicted octanol–water partition coefficient (Wildman–Crippen LogP) is 1.87. The van der Waals surface area contributed by atoms with Crippen LogP contribution in [-0.2, 0) is 4.79 Å². The second kappa shape index (κ2) is 5.28. The minimum absolute atomic E-state index is 0.0952. The fourth-order valence-electron chi connectivity index (χ4n) is 2.18. The molecule has 1 aromatic carbocycles. The van der Waals surface area contributed by atoms with Crippen molar-refractivity contribution in [3.63, 3.8) is 0 Å². The first kappa shape index (κ1) is 12.7. The van der Waals surface area contributed by atoms with Crippen molar-refractivity contribution in [3.05, 3.63) is 28.8 Å². The van der Waals surface area contributed by atoms with Crippen LogP contribution < -0.4 is 10.2 Å². The van der Waals surface area contributed by atoms with Gasteiger partial charge in [-0.25, -0.2) is 0 Å². The van der Waals surface area contributed by atoms with Crippen molar-refractivity contribution >= 4 is 23.2 Å². The number of anilines is 1. The Morgan fingerprint density at radius 3 is 3.11 bits per heavy atom. The van der Waals surface area contributed by atoms with E-state index < -0.39 is 6.04 Å². The third-order valence-corrected chi connectivity index (χ3v) is 3.33. The number of nitriles is 1. The van der Waals surface area contributed by atoms with Crippen LogP contribution in [0.25, 0.3) is 0 Å². The molecule has 0 saturated carbocycles. The molecule has 1 saturated heterocycles. The number of carbonyl (C=O) groups is 1. The quantitative estimate of drug-likeness (QED) is 0.886. The molecule has 0 radical (unpaired) electrons. The standard InChI is InChI=1S/C13H14ClN3O/c1-9-2-3-10(14)8-12(9)17-7-6-16-13(18)11(17)4-5-15/h2-3,8,11H,4,6-7H2,1H3,(H,16,18). The fourth-order valence-corrected chi connectivity index (χ4v) is 2.35. The van der Waals surface area contributed by atoms with Crippen LogP contribution >= 0.6 is 11.6 Å². The minimum atomic E-state index is -0.430. The van der Waals surface area contributed by atoms with Gasteiger partial charge in [0.2, 0.25) is 5.91 Å². The van der Waals surface area contributed by atoms with Gasteiger partial charge in [-0.3, -0.25) is 4.79 Å². The molecule has 0 aliphatic carbocycles. The molecule has 0 spiro atoms. The van der Waals surface area contributed by atoms with E-state index in [4.69, 9.17) is 16.9 Å². The molecule has 1 heterocycles. The highest BCUT2D eigenvalue weighted by Gasteiger charge is 2.30. The van der Waals surface area contributed by atoms with Gasteiger partial charge in [0.25, 0.3) is 0 Å². The lowest BCUT2D eigenvalue weighted by Crippen LogP contribution is -2.55. The Hall–Kier alpha value is -1.73. The topological polar surface area (TPSA) is 56.1 Å². The average Bonchev–Trinajstić information content (AvgIpc) is 2.35. The van der Waals surface area contributed by atoms with Crippen LogP contribution in [-0.4, -0.2) is 25.0 Å². The number of rotatable bonds is 2. The van der Waals surface area contributed by atoms with Crippen molar-refractivity contribution in [1.29, 1.82) is 5.26 Å². The van der Waals surface area contributed by atoms with Gasteiger partial charge in [-0.1, -0.05) is 17.7 Å². The van der Waals surface area contributed by atoms with E-state index in [0.717, 1.165) is 11.3 Å². The molecule has 1 aliphatic heterocycles. The van der Waals surface area contributed by atoms with E-state index in [9.17, 15) is 4.79 Å². The van der Waals surface area contributed by atoms with Crippen molar-refractivity contribution in [3.8, 4) is 6.07 Å². The number of benzene rings is 1. The third-order valence-electron chi connectivity index (χ3n) is 3.10. The van der Waals surface area contributed by atoms with E-state index >= 15 is 0 Å². The van der Waals surface area contributed by atoms with E-state index in [2.05, 4.69) is 11.4 Å². The molecule has 1 N–H and O–H groups in total. The van der Waals surface area contributed by atoms with Gasteiger partial charge < -0.3 is 10.2 Å². The summed E-state index contributed by atoms with van der Waals surface area (Å²) in [6.07, 6.45) is 0.178. The van der Waals surface area contributed by atoms with Crippen LogP contribution in [0.4, 0.5) is 5.69 Å². The zero-order valence-electron chi connectivity index (χ0n) is 10.1. The average molecular weight is 264 g/mol. The Bertz CT molecular complexity index is 509. The lowest BCUT2D eigenvalue weighted by atomic mass is 10.1. The lowest BCUT2D eigenvalue weighted by molar-refractivity contribution is -0.123. The van der Waals surface area contributed by atoms with E-state index in [-0.39, 0.29) is 12.3 Å². The second-order valence-electron chi connectivity index (χ2n) is 4.29. The molecule has 94 valence electrons. The number of piperazine rings is 1. The van der Waals surface area contributed by atoms with Crippen LogP contribution in [0.15, 0.2) is 18.2 Å². The predicted molar refractivity (Wildman–Crippen MR) is 70.6 cm³/mol. The Morgan fingerprint density at radius 1 is 1.61 bits per heavy atom. The van der Waals surface area contributed by atoms with E-state index in [1.54, 1.807) is 0 Å². The molecule has 0 aromatic heterocycles. The minimum Gasteiger partial charge on any atom is -0.357 e. The van der Waals surface area contributed by atoms with Crippen LogP contribution in [0, 0.1) is 18.3 Å². The number of nitrogens with one attached hydrogen (secondary N) is 1. The van der Waals surface area contributed by atoms with E-state index in [1.807, 2.05) is 30.0 Å². The summed E-state index contributed by atoms with van der Waals surface area (Å²) in [7, 11) is 0. The second-order valence-corrected chi connectivity index (χ2v) is 4.73. The number of halogens is 1. The third kappa shape index (κ3) is 2.41. The Balaban J connectivity index is 2.37. The van der Waals surface area contributed by atoms with Crippen molar-refractivity contribution in [2.45, 2.75) is 19.4 Å². The zero-order valence-corrected chi connectivity index (χ0v) is 10.9. The highest BCUT2D eigenvalue weighted by Crippen LogP contribution is 2.27. The van der Waals surface area contributed by atoms with E-state index in [1.165, 1.54) is 0 Å². The molecular weight excluding hydrogens is 250 g/mol. The number of hydrogen-bond donors (Lipinski definition) is 1. The first-order valence-electron chi connectivity index (χ1n) is 5.81. The Labute approximate surface area is 111 Å². The maximum absolute atomic E-state index is 11.8. The molecule has 1 aliphatic rings. The van der Waals surface area contributed by atoms with E-state index in [0.29, 0.717) is 18.1 Å². The summed E-state index contributed by atoms with van der Waals surface area (Å²) in [6.45, 7) is 3.26. The van der Waals surface area contributed by atoms with Crippen molar-refractivity contribution < 1.29 is 4.79 Å². The van der Waals surface area contributed by atoms with Gasteiger partial charge >= 0.3 is 0 Å². The van der Waals surface area contributed by atoms with Gasteiger partial charge in [0, 0.05) is 23.8 Å². The first-order valence-corrected chi connectivity index (χ1v) is 6.18. The monoisotopic (exact) mass is 263 g/mol. The number of aryl methyl sites for hydroxylation is 1. The van der Waals surface area contributed by atoms with Gasteiger partial charge in [-0.2, -0.15) is 5.26 Å². The van der Waals surface area contributed by atoms with Crippen molar-refractivity contribution in [2.24, 2.45) is 0 Å². The molecule has 5 heteroatoms. The lowest BCUT2D eigenvalue weighted by Gasteiger charge is -2.36. The molecule has 18 heavy (non-hydrogen) atoms. The normalized spacial score (nSPS) is 19.3. The molecule has 4 nitrogen and oxygen atoms in total. The number of amides is 1. The molecule has 1 atom stereocenters. The highest BCUT2D eigenvalue weighted by atomic mass is 35.5. The molecule has 1 aromatic rings. The van der Waals surface area contributed by atoms with Crippen LogP contribution in [0.1, 0.15) is 12.0 Å². The summed E-state index contributed by atoms with van der Waals surface area (Å²) in [4.78, 5) is 13.8. The van der Waals surface area contributed by atoms with Crippen LogP contribution in [0.2, 0.25) is 5.02 Å². The number of hydrogen-bond acceptors (Lipinski definition) is 3. The summed E-state index contributed by atoms with van der Waals surface area (Å²) in [5.74, 6) is -0.0952. The summed E-state index contributed by atoms with van der Waals surface area (Å²) >= 11 is 6.00. The first-order chi connectivity index (χ1) is 8.63. The van der Waals surface area contributed by atoms with Crippen LogP contribution in [0.3, 0.4) is 0 Å². The van der Waals surface area contributed by atoms with Gasteiger partial charge in [0.15, 0.2) is 0 Å². The van der Waals surface area contributed by atoms with Gasteiger partial charge in [0.1, 0.15) is 6.04 Å². The van der Waals surface area contributed by atoms with Crippen LogP contribution in [0.5, 0.6) is 0 Å².